The lowest BCUT2D eigenvalue weighted by atomic mass is 9.85. The fraction of sp³-hybridized carbons (Fsp3) is 0.188. The highest BCUT2D eigenvalue weighted by Crippen LogP contribution is 2.42. The Balaban J connectivity index is 1.80. The van der Waals surface area contributed by atoms with Gasteiger partial charge in [-0.2, -0.15) is 0 Å². The zero-order valence-corrected chi connectivity index (χ0v) is 20.3. The van der Waals surface area contributed by atoms with E-state index in [2.05, 4.69) is 72.8 Å². The molecule has 1 aliphatic rings. The second kappa shape index (κ2) is 12.2. The van der Waals surface area contributed by atoms with Crippen LogP contribution in [0.4, 0.5) is 0 Å². The molecule has 4 heteroatoms. The summed E-state index contributed by atoms with van der Waals surface area (Å²) in [7, 11) is 0. The molecule has 0 saturated carbocycles. The van der Waals surface area contributed by atoms with Crippen LogP contribution in [-0.2, 0) is 9.47 Å². The highest BCUT2D eigenvalue weighted by atomic mass is 16.6. The fourth-order valence-corrected chi connectivity index (χ4v) is 4.42. The molecule has 0 aliphatic carbocycles. The smallest absolute Gasteiger partial charge is 0.127 e. The van der Waals surface area contributed by atoms with E-state index in [0.29, 0.717) is 39.6 Å². The van der Waals surface area contributed by atoms with Crippen molar-refractivity contribution in [1.82, 2.24) is 0 Å². The number of fused-ring (bicyclic) bond motifs is 2. The number of hydrogen-bond acceptors (Lipinski definition) is 4. The molecule has 1 heterocycles. The first-order chi connectivity index (χ1) is 17.9. The fourth-order valence-electron chi connectivity index (χ4n) is 4.42. The van der Waals surface area contributed by atoms with Crippen molar-refractivity contribution in [3.8, 4) is 11.5 Å². The molecule has 0 N–H and O–H groups in total. The van der Waals surface area contributed by atoms with Crippen LogP contribution in [0.5, 0.6) is 11.5 Å². The Bertz CT molecular complexity index is 1180. The van der Waals surface area contributed by atoms with Crippen LogP contribution in [0.15, 0.2) is 109 Å². The SMILES string of the molecule is c1ccc(/C2=C(/c3ccccc3)c3ccccc3OCCOCCOCCOc3ccccc32)cc1. The average Bonchev–Trinajstić information content (AvgIpc) is 2.94. The predicted octanol–water partition coefficient (Wildman–Crippen LogP) is 6.50. The highest BCUT2D eigenvalue weighted by molar-refractivity contribution is 6.06. The Hall–Kier alpha value is -3.86. The van der Waals surface area contributed by atoms with E-state index in [4.69, 9.17) is 18.9 Å². The van der Waals surface area contributed by atoms with Gasteiger partial charge in [0.2, 0.25) is 0 Å². The summed E-state index contributed by atoms with van der Waals surface area (Å²) in [4.78, 5) is 0. The van der Waals surface area contributed by atoms with Gasteiger partial charge in [-0.1, -0.05) is 97.1 Å². The Morgan fingerprint density at radius 2 is 0.722 bits per heavy atom. The first kappa shape index (κ1) is 23.9. The maximum absolute atomic E-state index is 6.28. The zero-order chi connectivity index (χ0) is 24.4. The van der Waals surface area contributed by atoms with Crippen LogP contribution in [0, 0.1) is 0 Å². The normalized spacial score (nSPS) is 17.2. The molecule has 0 amide bonds. The maximum atomic E-state index is 6.28. The van der Waals surface area contributed by atoms with E-state index in [9.17, 15) is 0 Å². The van der Waals surface area contributed by atoms with Crippen molar-refractivity contribution in [1.29, 1.82) is 0 Å². The minimum Gasteiger partial charge on any atom is -0.491 e. The van der Waals surface area contributed by atoms with Gasteiger partial charge in [-0.25, -0.2) is 0 Å². The molecule has 0 radical (unpaired) electrons. The Morgan fingerprint density at radius 1 is 0.361 bits per heavy atom. The second-order valence-corrected chi connectivity index (χ2v) is 8.40. The van der Waals surface area contributed by atoms with Gasteiger partial charge >= 0.3 is 0 Å². The lowest BCUT2D eigenvalue weighted by molar-refractivity contribution is 0.0273. The predicted molar refractivity (Wildman–Crippen MR) is 143 cm³/mol. The van der Waals surface area contributed by atoms with Gasteiger partial charge in [-0.15, -0.1) is 0 Å². The molecule has 182 valence electrons. The molecule has 0 unspecified atom stereocenters. The molecule has 0 fully saturated rings. The molecular formula is C32H30O4. The first-order valence-corrected chi connectivity index (χ1v) is 12.4. The van der Waals surface area contributed by atoms with Crippen LogP contribution in [0.1, 0.15) is 22.3 Å². The third-order valence-corrected chi connectivity index (χ3v) is 6.03. The quantitative estimate of drug-likeness (QED) is 0.330. The molecule has 4 aromatic carbocycles. The summed E-state index contributed by atoms with van der Waals surface area (Å²) >= 11 is 0. The highest BCUT2D eigenvalue weighted by Gasteiger charge is 2.21. The lowest BCUT2D eigenvalue weighted by Gasteiger charge is -2.22. The minimum absolute atomic E-state index is 0.458. The minimum atomic E-state index is 0.458. The molecule has 5 rings (SSSR count). The molecule has 36 heavy (non-hydrogen) atoms. The van der Waals surface area contributed by atoms with Crippen LogP contribution < -0.4 is 9.47 Å². The van der Waals surface area contributed by atoms with Gasteiger partial charge in [0, 0.05) is 22.3 Å². The lowest BCUT2D eigenvalue weighted by Crippen LogP contribution is -2.14. The molecule has 0 bridgehead atoms. The molecule has 1 aliphatic heterocycles. The number of para-hydroxylation sites is 2. The van der Waals surface area contributed by atoms with E-state index in [1.807, 2.05) is 36.4 Å². The van der Waals surface area contributed by atoms with Crippen molar-refractivity contribution in [2.45, 2.75) is 0 Å². The summed E-state index contributed by atoms with van der Waals surface area (Å²) < 4.78 is 24.0. The number of benzene rings is 4. The molecule has 4 nitrogen and oxygen atoms in total. The molecule has 4 aromatic rings. The van der Waals surface area contributed by atoms with Gasteiger partial charge in [-0.05, 0) is 23.3 Å². The average molecular weight is 479 g/mol. The van der Waals surface area contributed by atoms with Crippen molar-refractivity contribution >= 4 is 11.1 Å². The van der Waals surface area contributed by atoms with Crippen molar-refractivity contribution in [2.75, 3.05) is 39.6 Å². The summed E-state index contributed by atoms with van der Waals surface area (Å²) in [5.41, 5.74) is 6.40. The van der Waals surface area contributed by atoms with E-state index in [-0.39, 0.29) is 0 Å². The van der Waals surface area contributed by atoms with Gasteiger partial charge in [0.05, 0.1) is 26.4 Å². The maximum Gasteiger partial charge on any atom is 0.127 e. The number of ether oxygens (including phenoxy) is 4. The van der Waals surface area contributed by atoms with Crippen LogP contribution >= 0.6 is 0 Å². The number of hydrogen-bond donors (Lipinski definition) is 0. The van der Waals surface area contributed by atoms with E-state index < -0.39 is 0 Å². The number of rotatable bonds is 2. The summed E-state index contributed by atoms with van der Waals surface area (Å²) in [5, 5.41) is 0. The topological polar surface area (TPSA) is 36.9 Å². The summed E-state index contributed by atoms with van der Waals surface area (Å²) in [6, 6.07) is 37.4. The van der Waals surface area contributed by atoms with Gasteiger partial charge in [0.15, 0.2) is 0 Å². The third kappa shape index (κ3) is 5.68. The summed E-state index contributed by atoms with van der Waals surface area (Å²) in [6.07, 6.45) is 0. The van der Waals surface area contributed by atoms with Crippen molar-refractivity contribution < 1.29 is 18.9 Å². The molecular weight excluding hydrogens is 448 g/mol. The van der Waals surface area contributed by atoms with Gasteiger partial charge in [0.1, 0.15) is 24.7 Å². The Labute approximate surface area is 212 Å². The zero-order valence-electron chi connectivity index (χ0n) is 20.3. The van der Waals surface area contributed by atoms with E-state index in [1.54, 1.807) is 0 Å². The van der Waals surface area contributed by atoms with Gasteiger partial charge < -0.3 is 18.9 Å². The van der Waals surface area contributed by atoms with Gasteiger partial charge in [-0.3, -0.25) is 0 Å². The van der Waals surface area contributed by atoms with E-state index in [1.165, 1.54) is 0 Å². The van der Waals surface area contributed by atoms with Crippen LogP contribution in [0.2, 0.25) is 0 Å². The first-order valence-electron chi connectivity index (χ1n) is 12.4. The molecule has 0 spiro atoms. The van der Waals surface area contributed by atoms with Crippen molar-refractivity contribution in [2.24, 2.45) is 0 Å². The van der Waals surface area contributed by atoms with E-state index in [0.717, 1.165) is 44.9 Å². The van der Waals surface area contributed by atoms with E-state index >= 15 is 0 Å². The van der Waals surface area contributed by atoms with Crippen molar-refractivity contribution in [3.05, 3.63) is 131 Å². The summed E-state index contributed by atoms with van der Waals surface area (Å²) in [6.45, 7) is 2.95. The molecule has 0 saturated heterocycles. The standard InChI is InChI=1S/C32H30O4/c1-3-11-25(12-4-1)31-27-15-7-9-17-29(27)35-23-21-33-19-20-34-22-24-36-30-18-10-8-16-28(30)32(31)26-13-5-2-6-14-26/h1-18H,19-24H2/b32-31+. The van der Waals surface area contributed by atoms with Gasteiger partial charge in [0.25, 0.3) is 0 Å². The summed E-state index contributed by atoms with van der Waals surface area (Å²) in [5.74, 6) is 1.63. The molecule has 0 atom stereocenters. The Kier molecular flexibility index (Phi) is 8.09. The third-order valence-electron chi connectivity index (χ3n) is 6.03. The molecule has 0 aromatic heterocycles. The van der Waals surface area contributed by atoms with Crippen LogP contribution in [0.25, 0.3) is 11.1 Å². The second-order valence-electron chi connectivity index (χ2n) is 8.40. The largest absolute Gasteiger partial charge is 0.491 e. The van der Waals surface area contributed by atoms with Crippen LogP contribution in [0.3, 0.4) is 0 Å². The van der Waals surface area contributed by atoms with Crippen molar-refractivity contribution in [3.63, 3.8) is 0 Å². The monoisotopic (exact) mass is 478 g/mol. The Morgan fingerprint density at radius 3 is 1.17 bits per heavy atom. The van der Waals surface area contributed by atoms with Crippen LogP contribution in [-0.4, -0.2) is 39.6 Å².